The second-order valence-corrected chi connectivity index (χ2v) is 6.11. The molecule has 0 spiro atoms. The predicted molar refractivity (Wildman–Crippen MR) is 71.3 cm³/mol. The summed E-state index contributed by atoms with van der Waals surface area (Å²) in [6, 6.07) is 1.61. The molecule has 90 valence electrons. The Labute approximate surface area is 109 Å². The summed E-state index contributed by atoms with van der Waals surface area (Å²) in [5.41, 5.74) is 5.82. The van der Waals surface area contributed by atoms with E-state index in [2.05, 4.69) is 15.9 Å². The molecule has 1 atom stereocenters. The quantitative estimate of drug-likeness (QED) is 0.929. The van der Waals surface area contributed by atoms with E-state index in [0.717, 1.165) is 9.35 Å². The molecule has 0 saturated heterocycles. The van der Waals surface area contributed by atoms with Crippen molar-refractivity contribution in [2.45, 2.75) is 26.4 Å². The van der Waals surface area contributed by atoms with Gasteiger partial charge in [-0.3, -0.25) is 4.79 Å². The van der Waals surface area contributed by atoms with E-state index < -0.39 is 6.04 Å². The van der Waals surface area contributed by atoms with Gasteiger partial charge in [-0.05, 0) is 27.9 Å². The van der Waals surface area contributed by atoms with Gasteiger partial charge < -0.3 is 10.6 Å². The van der Waals surface area contributed by atoms with Crippen molar-refractivity contribution in [2.24, 2.45) is 11.7 Å². The maximum atomic E-state index is 11.9. The van der Waals surface area contributed by atoms with Gasteiger partial charge in [-0.1, -0.05) is 13.8 Å². The Morgan fingerprint density at radius 2 is 2.25 bits per heavy atom. The van der Waals surface area contributed by atoms with Gasteiger partial charge in [-0.15, -0.1) is 11.3 Å². The zero-order chi connectivity index (χ0) is 12.3. The monoisotopic (exact) mass is 304 g/mol. The Morgan fingerprint density at radius 3 is 2.69 bits per heavy atom. The maximum absolute atomic E-state index is 11.9. The van der Waals surface area contributed by atoms with Gasteiger partial charge >= 0.3 is 0 Å². The van der Waals surface area contributed by atoms with E-state index in [0.29, 0.717) is 6.54 Å². The third-order valence-corrected chi connectivity index (χ3v) is 4.08. The number of thiophene rings is 1. The topological polar surface area (TPSA) is 46.3 Å². The number of hydrogen-bond donors (Lipinski definition) is 1. The van der Waals surface area contributed by atoms with Crippen LogP contribution in [0.1, 0.15) is 18.7 Å². The molecule has 1 amide bonds. The molecule has 0 unspecified atom stereocenters. The second kappa shape index (κ2) is 5.80. The highest BCUT2D eigenvalue weighted by Crippen LogP contribution is 2.21. The minimum absolute atomic E-state index is 0.000442. The van der Waals surface area contributed by atoms with Crippen LogP contribution in [0.4, 0.5) is 0 Å². The standard InChI is InChI=1S/C11H17BrN2OS/c1-7(2)10(13)11(15)14(3)5-9-4-8(12)6-16-9/h4,6-7,10H,5,13H2,1-3H3/t10-/m0/s1. The van der Waals surface area contributed by atoms with Crippen LogP contribution in [0.15, 0.2) is 15.9 Å². The summed E-state index contributed by atoms with van der Waals surface area (Å²) in [6.45, 7) is 4.53. The van der Waals surface area contributed by atoms with Crippen molar-refractivity contribution in [3.05, 3.63) is 20.8 Å². The van der Waals surface area contributed by atoms with Gasteiger partial charge in [0.25, 0.3) is 0 Å². The van der Waals surface area contributed by atoms with E-state index in [9.17, 15) is 4.79 Å². The second-order valence-electron chi connectivity index (χ2n) is 4.20. The van der Waals surface area contributed by atoms with Crippen LogP contribution in [0.3, 0.4) is 0 Å². The van der Waals surface area contributed by atoms with Gasteiger partial charge in [0.05, 0.1) is 12.6 Å². The summed E-state index contributed by atoms with van der Waals surface area (Å²) in [6.07, 6.45) is 0. The van der Waals surface area contributed by atoms with Gasteiger partial charge in [-0.25, -0.2) is 0 Å². The first-order valence-corrected chi connectivity index (χ1v) is 6.82. The smallest absolute Gasteiger partial charge is 0.239 e. The molecule has 0 aliphatic carbocycles. The van der Waals surface area contributed by atoms with Crippen molar-refractivity contribution in [3.63, 3.8) is 0 Å². The van der Waals surface area contributed by atoms with Crippen LogP contribution in [0.2, 0.25) is 0 Å². The molecule has 5 heteroatoms. The summed E-state index contributed by atoms with van der Waals surface area (Å²) < 4.78 is 1.06. The van der Waals surface area contributed by atoms with Gasteiger partial charge in [0, 0.05) is 21.8 Å². The average molecular weight is 305 g/mol. The van der Waals surface area contributed by atoms with Crippen molar-refractivity contribution in [3.8, 4) is 0 Å². The third-order valence-electron chi connectivity index (χ3n) is 2.39. The van der Waals surface area contributed by atoms with E-state index in [1.807, 2.05) is 25.3 Å². The van der Waals surface area contributed by atoms with Gasteiger partial charge in [-0.2, -0.15) is 0 Å². The van der Waals surface area contributed by atoms with Crippen LogP contribution < -0.4 is 5.73 Å². The lowest BCUT2D eigenvalue weighted by molar-refractivity contribution is -0.132. The molecule has 0 saturated carbocycles. The molecule has 1 rings (SSSR count). The Hall–Kier alpha value is -0.390. The fraction of sp³-hybridized carbons (Fsp3) is 0.545. The van der Waals surface area contributed by atoms with E-state index >= 15 is 0 Å². The van der Waals surface area contributed by atoms with Crippen molar-refractivity contribution in [2.75, 3.05) is 7.05 Å². The molecule has 1 heterocycles. The molecule has 0 radical (unpaired) electrons. The Kier molecular flexibility index (Phi) is 4.95. The number of likely N-dealkylation sites (N-methyl/N-ethyl adjacent to an activating group) is 1. The fourth-order valence-electron chi connectivity index (χ4n) is 1.29. The number of carbonyl (C=O) groups is 1. The van der Waals surface area contributed by atoms with E-state index in [-0.39, 0.29) is 11.8 Å². The van der Waals surface area contributed by atoms with Crippen LogP contribution in [0.5, 0.6) is 0 Å². The number of carbonyl (C=O) groups excluding carboxylic acids is 1. The zero-order valence-electron chi connectivity index (χ0n) is 9.74. The first-order chi connectivity index (χ1) is 7.41. The minimum atomic E-state index is -0.409. The number of hydrogen-bond acceptors (Lipinski definition) is 3. The molecule has 0 fully saturated rings. The van der Waals surface area contributed by atoms with Crippen LogP contribution in [-0.2, 0) is 11.3 Å². The molecule has 0 aliphatic rings. The largest absolute Gasteiger partial charge is 0.339 e. The van der Waals surface area contributed by atoms with Crippen molar-refractivity contribution in [1.29, 1.82) is 0 Å². The fourth-order valence-corrected chi connectivity index (χ4v) is 2.79. The molecule has 1 aromatic heterocycles. The predicted octanol–water partition coefficient (Wildman–Crippen LogP) is 2.45. The highest BCUT2D eigenvalue weighted by molar-refractivity contribution is 9.10. The Morgan fingerprint density at radius 1 is 1.62 bits per heavy atom. The molecule has 1 aromatic rings. The van der Waals surface area contributed by atoms with Gasteiger partial charge in [0.1, 0.15) is 0 Å². The highest BCUT2D eigenvalue weighted by Gasteiger charge is 2.21. The third kappa shape index (κ3) is 3.57. The number of nitrogens with two attached hydrogens (primary N) is 1. The van der Waals surface area contributed by atoms with Crippen LogP contribution >= 0.6 is 27.3 Å². The van der Waals surface area contributed by atoms with Crippen LogP contribution in [0.25, 0.3) is 0 Å². The molecule has 0 bridgehead atoms. The lowest BCUT2D eigenvalue weighted by Crippen LogP contribution is -2.44. The van der Waals surface area contributed by atoms with E-state index in [4.69, 9.17) is 5.73 Å². The Bertz CT molecular complexity index is 365. The molecule has 3 nitrogen and oxygen atoms in total. The minimum Gasteiger partial charge on any atom is -0.339 e. The summed E-state index contributed by atoms with van der Waals surface area (Å²) in [5.74, 6) is 0.171. The van der Waals surface area contributed by atoms with Crippen LogP contribution in [-0.4, -0.2) is 23.9 Å². The molecule has 16 heavy (non-hydrogen) atoms. The molecular weight excluding hydrogens is 288 g/mol. The normalized spacial score (nSPS) is 12.9. The summed E-state index contributed by atoms with van der Waals surface area (Å²) in [4.78, 5) is 14.7. The molecule has 0 aliphatic heterocycles. The summed E-state index contributed by atoms with van der Waals surface area (Å²) in [7, 11) is 1.79. The van der Waals surface area contributed by atoms with Crippen molar-refractivity contribution >= 4 is 33.2 Å². The lowest BCUT2D eigenvalue weighted by Gasteiger charge is -2.22. The summed E-state index contributed by atoms with van der Waals surface area (Å²) >= 11 is 5.03. The zero-order valence-corrected chi connectivity index (χ0v) is 12.1. The SMILES string of the molecule is CC(C)[C@H](N)C(=O)N(C)Cc1cc(Br)cs1. The number of halogens is 1. The number of rotatable bonds is 4. The first kappa shape index (κ1) is 13.7. The lowest BCUT2D eigenvalue weighted by atomic mass is 10.0. The first-order valence-electron chi connectivity index (χ1n) is 5.15. The van der Waals surface area contributed by atoms with Crippen molar-refractivity contribution in [1.82, 2.24) is 4.90 Å². The van der Waals surface area contributed by atoms with E-state index in [1.54, 1.807) is 23.3 Å². The van der Waals surface area contributed by atoms with Gasteiger partial charge in [0.2, 0.25) is 5.91 Å². The summed E-state index contributed by atoms with van der Waals surface area (Å²) in [5, 5.41) is 2.01. The van der Waals surface area contributed by atoms with E-state index in [1.165, 1.54) is 0 Å². The number of nitrogens with zero attached hydrogens (tertiary/aromatic N) is 1. The van der Waals surface area contributed by atoms with Crippen molar-refractivity contribution < 1.29 is 4.79 Å². The average Bonchev–Trinajstić information content (AvgIpc) is 2.61. The number of amides is 1. The molecule has 2 N–H and O–H groups in total. The van der Waals surface area contributed by atoms with Gasteiger partial charge in [0.15, 0.2) is 0 Å². The molecule has 0 aromatic carbocycles. The maximum Gasteiger partial charge on any atom is 0.239 e. The van der Waals surface area contributed by atoms with Crippen LogP contribution in [0, 0.1) is 5.92 Å². The molecular formula is C11H17BrN2OS. The Balaban J connectivity index is 2.58. The highest BCUT2D eigenvalue weighted by atomic mass is 79.9.